The molecule has 0 aromatic heterocycles. The second-order valence-corrected chi connectivity index (χ2v) is 5.53. The van der Waals surface area contributed by atoms with Crippen LogP contribution in [0.15, 0.2) is 12.2 Å². The summed E-state index contributed by atoms with van der Waals surface area (Å²) >= 11 is 0. The van der Waals surface area contributed by atoms with E-state index in [0.29, 0.717) is 0 Å². The SMILES string of the molecule is CCC=CCCCCCCCCC(C)(C)N. The fourth-order valence-electron chi connectivity index (χ4n) is 1.83. The highest BCUT2D eigenvalue weighted by Gasteiger charge is 2.08. The highest BCUT2D eigenvalue weighted by atomic mass is 14.7. The van der Waals surface area contributed by atoms with E-state index in [0.717, 1.165) is 6.42 Å². The Morgan fingerprint density at radius 3 is 2.00 bits per heavy atom. The lowest BCUT2D eigenvalue weighted by atomic mass is 9.97. The first-order chi connectivity index (χ1) is 7.56. The predicted molar refractivity (Wildman–Crippen MR) is 74.6 cm³/mol. The standard InChI is InChI=1S/C15H31N/c1-4-5-6-7-8-9-10-11-12-13-14-15(2,3)16/h5-6H,4,7-14,16H2,1-3H3. The molecule has 0 fully saturated rings. The van der Waals surface area contributed by atoms with Crippen LogP contribution in [0.25, 0.3) is 0 Å². The summed E-state index contributed by atoms with van der Waals surface area (Å²) < 4.78 is 0. The lowest BCUT2D eigenvalue weighted by Crippen LogP contribution is -2.31. The van der Waals surface area contributed by atoms with Crippen molar-refractivity contribution in [1.82, 2.24) is 0 Å². The van der Waals surface area contributed by atoms with Crippen LogP contribution in [-0.4, -0.2) is 5.54 Å². The summed E-state index contributed by atoms with van der Waals surface area (Å²) in [4.78, 5) is 0. The van der Waals surface area contributed by atoms with Gasteiger partial charge in [-0.25, -0.2) is 0 Å². The van der Waals surface area contributed by atoms with Gasteiger partial charge in [0, 0.05) is 5.54 Å². The summed E-state index contributed by atoms with van der Waals surface area (Å²) in [5.41, 5.74) is 5.97. The molecule has 0 aliphatic heterocycles. The van der Waals surface area contributed by atoms with Crippen LogP contribution in [0, 0.1) is 0 Å². The van der Waals surface area contributed by atoms with Crippen molar-refractivity contribution in [3.8, 4) is 0 Å². The maximum absolute atomic E-state index is 5.94. The minimum absolute atomic E-state index is 0.0327. The van der Waals surface area contributed by atoms with Gasteiger partial charge in [-0.15, -0.1) is 0 Å². The Balaban J connectivity index is 3.07. The number of hydrogen-bond donors (Lipinski definition) is 1. The van der Waals surface area contributed by atoms with E-state index in [1.807, 2.05) is 0 Å². The van der Waals surface area contributed by atoms with Crippen LogP contribution in [0.2, 0.25) is 0 Å². The largest absolute Gasteiger partial charge is 0.326 e. The number of nitrogens with two attached hydrogens (primary N) is 1. The Hall–Kier alpha value is -0.300. The average molecular weight is 225 g/mol. The molecule has 0 heterocycles. The molecule has 0 atom stereocenters. The number of hydrogen-bond acceptors (Lipinski definition) is 1. The van der Waals surface area contributed by atoms with E-state index >= 15 is 0 Å². The minimum atomic E-state index is 0.0327. The zero-order valence-electron chi connectivity index (χ0n) is 11.6. The van der Waals surface area contributed by atoms with E-state index in [-0.39, 0.29) is 5.54 Å². The van der Waals surface area contributed by atoms with Crippen molar-refractivity contribution < 1.29 is 0 Å². The third-order valence-corrected chi connectivity index (χ3v) is 2.84. The third-order valence-electron chi connectivity index (χ3n) is 2.84. The van der Waals surface area contributed by atoms with E-state index in [2.05, 4.69) is 32.9 Å². The van der Waals surface area contributed by atoms with Gasteiger partial charge in [0.2, 0.25) is 0 Å². The van der Waals surface area contributed by atoms with Gasteiger partial charge >= 0.3 is 0 Å². The maximum Gasteiger partial charge on any atom is 0.00970 e. The normalized spacial score (nSPS) is 12.5. The Morgan fingerprint density at radius 2 is 1.44 bits per heavy atom. The fourth-order valence-corrected chi connectivity index (χ4v) is 1.83. The number of unbranched alkanes of at least 4 members (excludes halogenated alkanes) is 6. The van der Waals surface area contributed by atoms with Gasteiger partial charge in [0.25, 0.3) is 0 Å². The summed E-state index contributed by atoms with van der Waals surface area (Å²) in [5.74, 6) is 0. The van der Waals surface area contributed by atoms with Crippen molar-refractivity contribution in [3.05, 3.63) is 12.2 Å². The molecule has 0 aromatic rings. The molecule has 0 amide bonds. The van der Waals surface area contributed by atoms with Gasteiger partial charge in [-0.2, -0.15) is 0 Å². The van der Waals surface area contributed by atoms with Crippen LogP contribution < -0.4 is 5.73 Å². The molecule has 0 aliphatic rings. The molecular formula is C15H31N. The lowest BCUT2D eigenvalue weighted by molar-refractivity contribution is 0.441. The number of rotatable bonds is 10. The molecule has 0 saturated carbocycles. The van der Waals surface area contributed by atoms with Crippen LogP contribution >= 0.6 is 0 Å². The molecule has 16 heavy (non-hydrogen) atoms. The number of allylic oxidation sites excluding steroid dienone is 2. The first-order valence-corrected chi connectivity index (χ1v) is 7.00. The zero-order chi connectivity index (χ0) is 12.3. The minimum Gasteiger partial charge on any atom is -0.326 e. The van der Waals surface area contributed by atoms with Crippen molar-refractivity contribution in [2.24, 2.45) is 5.73 Å². The van der Waals surface area contributed by atoms with E-state index in [1.165, 1.54) is 51.4 Å². The summed E-state index contributed by atoms with van der Waals surface area (Å²) in [6.07, 6.45) is 16.4. The molecule has 0 aliphatic carbocycles. The third kappa shape index (κ3) is 13.7. The Labute approximate surface area is 102 Å². The average Bonchev–Trinajstić information content (AvgIpc) is 2.19. The van der Waals surface area contributed by atoms with Crippen LogP contribution in [0.1, 0.15) is 78.6 Å². The van der Waals surface area contributed by atoms with E-state index < -0.39 is 0 Å². The first kappa shape index (κ1) is 15.7. The van der Waals surface area contributed by atoms with E-state index in [1.54, 1.807) is 0 Å². The van der Waals surface area contributed by atoms with Gasteiger partial charge in [0.1, 0.15) is 0 Å². The fraction of sp³-hybridized carbons (Fsp3) is 0.867. The highest BCUT2D eigenvalue weighted by molar-refractivity contribution is 4.79. The Kier molecular flexibility index (Phi) is 9.71. The quantitative estimate of drug-likeness (QED) is 0.419. The van der Waals surface area contributed by atoms with Crippen molar-refractivity contribution in [1.29, 1.82) is 0 Å². The van der Waals surface area contributed by atoms with Crippen molar-refractivity contribution >= 4 is 0 Å². The molecule has 0 bridgehead atoms. The lowest BCUT2D eigenvalue weighted by Gasteiger charge is -2.17. The summed E-state index contributed by atoms with van der Waals surface area (Å²) in [5, 5.41) is 0. The molecule has 0 unspecified atom stereocenters. The van der Waals surface area contributed by atoms with Crippen LogP contribution in [-0.2, 0) is 0 Å². The van der Waals surface area contributed by atoms with Crippen LogP contribution in [0.4, 0.5) is 0 Å². The topological polar surface area (TPSA) is 26.0 Å². The van der Waals surface area contributed by atoms with Gasteiger partial charge in [-0.1, -0.05) is 51.2 Å². The predicted octanol–water partition coefficient (Wildman–Crippen LogP) is 4.81. The highest BCUT2D eigenvalue weighted by Crippen LogP contribution is 2.13. The Bertz CT molecular complexity index is 165. The second-order valence-electron chi connectivity index (χ2n) is 5.53. The van der Waals surface area contributed by atoms with Gasteiger partial charge in [-0.3, -0.25) is 0 Å². The summed E-state index contributed by atoms with van der Waals surface area (Å²) in [6, 6.07) is 0. The van der Waals surface area contributed by atoms with Crippen molar-refractivity contribution in [3.63, 3.8) is 0 Å². The zero-order valence-corrected chi connectivity index (χ0v) is 11.6. The monoisotopic (exact) mass is 225 g/mol. The molecule has 96 valence electrons. The molecule has 2 N–H and O–H groups in total. The molecule has 0 rings (SSSR count). The van der Waals surface area contributed by atoms with Crippen molar-refractivity contribution in [2.45, 2.75) is 84.1 Å². The summed E-state index contributed by atoms with van der Waals surface area (Å²) in [7, 11) is 0. The molecule has 0 aromatic carbocycles. The smallest absolute Gasteiger partial charge is 0.00970 e. The molecule has 1 nitrogen and oxygen atoms in total. The van der Waals surface area contributed by atoms with Crippen molar-refractivity contribution in [2.75, 3.05) is 0 Å². The van der Waals surface area contributed by atoms with E-state index in [4.69, 9.17) is 5.73 Å². The molecule has 0 radical (unpaired) electrons. The molecular weight excluding hydrogens is 194 g/mol. The van der Waals surface area contributed by atoms with Gasteiger partial charge in [0.05, 0.1) is 0 Å². The van der Waals surface area contributed by atoms with Crippen LogP contribution in [0.5, 0.6) is 0 Å². The van der Waals surface area contributed by atoms with E-state index in [9.17, 15) is 0 Å². The molecule has 1 heteroatoms. The van der Waals surface area contributed by atoms with Gasteiger partial charge in [0.15, 0.2) is 0 Å². The Morgan fingerprint density at radius 1 is 0.875 bits per heavy atom. The summed E-state index contributed by atoms with van der Waals surface area (Å²) in [6.45, 7) is 6.43. The van der Waals surface area contributed by atoms with Crippen LogP contribution in [0.3, 0.4) is 0 Å². The van der Waals surface area contributed by atoms with Gasteiger partial charge < -0.3 is 5.73 Å². The van der Waals surface area contributed by atoms with Gasteiger partial charge in [-0.05, 0) is 39.5 Å². The first-order valence-electron chi connectivity index (χ1n) is 7.00. The molecule has 0 saturated heterocycles. The maximum atomic E-state index is 5.94. The molecule has 0 spiro atoms. The second kappa shape index (κ2) is 9.89.